The molecule has 0 aliphatic heterocycles. The summed E-state index contributed by atoms with van der Waals surface area (Å²) in [5.74, 6) is -0.212. The molecule has 66 valence electrons. The Morgan fingerprint density at radius 1 is 1.50 bits per heavy atom. The molecule has 3 heteroatoms. The van der Waals surface area contributed by atoms with Crippen LogP contribution in [0.5, 0.6) is 0 Å². The van der Waals surface area contributed by atoms with Gasteiger partial charge in [0.2, 0.25) is 0 Å². The summed E-state index contributed by atoms with van der Waals surface area (Å²) in [4.78, 5) is 0. The molecule has 0 atom stereocenters. The molecule has 0 spiro atoms. The first-order valence-corrected chi connectivity index (χ1v) is 4.59. The van der Waals surface area contributed by atoms with Crippen molar-refractivity contribution in [2.75, 3.05) is 6.54 Å². The average Bonchev–Trinajstić information content (AvgIpc) is 2.00. The highest BCUT2D eigenvalue weighted by Gasteiger charge is 2.03. The van der Waals surface area contributed by atoms with Crippen molar-refractivity contribution in [2.24, 2.45) is 5.73 Å². The van der Waals surface area contributed by atoms with Crippen molar-refractivity contribution >= 4 is 15.9 Å². The molecule has 0 unspecified atom stereocenters. The minimum absolute atomic E-state index is 0.212. The van der Waals surface area contributed by atoms with Crippen LogP contribution in [0, 0.1) is 12.7 Å². The Balaban J connectivity index is 3.09. The summed E-state index contributed by atoms with van der Waals surface area (Å²) < 4.78 is 13.7. The van der Waals surface area contributed by atoms with Gasteiger partial charge in [-0.2, -0.15) is 0 Å². The molecule has 1 nitrogen and oxygen atoms in total. The number of nitrogens with two attached hydrogens (primary N) is 1. The third-order valence-corrected chi connectivity index (χ3v) is 2.65. The first kappa shape index (κ1) is 9.68. The maximum atomic E-state index is 12.9. The van der Waals surface area contributed by atoms with E-state index in [1.165, 1.54) is 12.1 Å². The highest BCUT2D eigenvalue weighted by atomic mass is 79.9. The third-order valence-electron chi connectivity index (χ3n) is 1.83. The fourth-order valence-corrected chi connectivity index (χ4v) is 1.59. The van der Waals surface area contributed by atoms with Crippen LogP contribution in [0.1, 0.15) is 11.1 Å². The zero-order valence-electron chi connectivity index (χ0n) is 6.90. The van der Waals surface area contributed by atoms with Crippen LogP contribution in [0.25, 0.3) is 0 Å². The molecule has 0 saturated carbocycles. The van der Waals surface area contributed by atoms with Crippen LogP contribution in [-0.2, 0) is 6.42 Å². The van der Waals surface area contributed by atoms with Gasteiger partial charge in [0.05, 0.1) is 0 Å². The summed E-state index contributed by atoms with van der Waals surface area (Å²) in [6, 6.07) is 3.00. The second kappa shape index (κ2) is 4.01. The van der Waals surface area contributed by atoms with Gasteiger partial charge in [-0.05, 0) is 43.1 Å². The minimum atomic E-state index is -0.212. The summed E-state index contributed by atoms with van der Waals surface area (Å²) in [5.41, 5.74) is 7.44. The van der Waals surface area contributed by atoms with Crippen LogP contribution in [0.4, 0.5) is 4.39 Å². The van der Waals surface area contributed by atoms with E-state index in [1.54, 1.807) is 0 Å². The van der Waals surface area contributed by atoms with Gasteiger partial charge in [0.1, 0.15) is 5.82 Å². The van der Waals surface area contributed by atoms with E-state index in [0.717, 1.165) is 22.0 Å². The predicted molar refractivity (Wildman–Crippen MR) is 51.6 cm³/mol. The number of hydrogen-bond acceptors (Lipinski definition) is 1. The van der Waals surface area contributed by atoms with Crippen LogP contribution in [-0.4, -0.2) is 6.54 Å². The summed E-state index contributed by atoms with van der Waals surface area (Å²) in [6.45, 7) is 2.51. The van der Waals surface area contributed by atoms with Crippen molar-refractivity contribution in [3.63, 3.8) is 0 Å². The normalized spacial score (nSPS) is 10.3. The Bertz CT molecular complexity index is 286. The second-order valence-corrected chi connectivity index (χ2v) is 3.56. The molecule has 2 N–H and O–H groups in total. The lowest BCUT2D eigenvalue weighted by Crippen LogP contribution is -2.04. The smallest absolute Gasteiger partial charge is 0.124 e. The topological polar surface area (TPSA) is 26.0 Å². The summed E-state index contributed by atoms with van der Waals surface area (Å²) in [5, 5.41) is 0. The molecule has 1 aromatic rings. The molecule has 0 saturated heterocycles. The Morgan fingerprint density at radius 3 is 2.75 bits per heavy atom. The molecule has 0 aromatic heterocycles. The lowest BCUT2D eigenvalue weighted by atomic mass is 10.1. The van der Waals surface area contributed by atoms with Crippen molar-refractivity contribution in [1.29, 1.82) is 0 Å². The third kappa shape index (κ3) is 2.05. The molecule has 0 aliphatic carbocycles. The fourth-order valence-electron chi connectivity index (χ4n) is 1.11. The van der Waals surface area contributed by atoms with Crippen molar-refractivity contribution < 1.29 is 4.39 Å². The van der Waals surface area contributed by atoms with Crippen LogP contribution in [0.15, 0.2) is 16.6 Å². The zero-order valence-corrected chi connectivity index (χ0v) is 8.49. The molecule has 12 heavy (non-hydrogen) atoms. The standard InChI is InChI=1S/C9H11BrFN/c1-6-7(2-3-12)4-8(11)5-9(6)10/h4-5H,2-3,12H2,1H3. The van der Waals surface area contributed by atoms with Crippen LogP contribution in [0.2, 0.25) is 0 Å². The zero-order chi connectivity index (χ0) is 9.14. The molecule has 1 rings (SSSR count). The number of hydrogen-bond donors (Lipinski definition) is 1. The van der Waals surface area contributed by atoms with E-state index in [9.17, 15) is 4.39 Å². The van der Waals surface area contributed by atoms with Gasteiger partial charge in [-0.1, -0.05) is 15.9 Å². The van der Waals surface area contributed by atoms with Crippen molar-refractivity contribution in [2.45, 2.75) is 13.3 Å². The van der Waals surface area contributed by atoms with Gasteiger partial charge < -0.3 is 5.73 Å². The lowest BCUT2D eigenvalue weighted by molar-refractivity contribution is 0.623. The molecule has 1 aromatic carbocycles. The van der Waals surface area contributed by atoms with Gasteiger partial charge in [0.25, 0.3) is 0 Å². The number of benzene rings is 1. The molecule has 0 aliphatic rings. The Labute approximate surface area is 79.9 Å². The molecular weight excluding hydrogens is 221 g/mol. The molecule has 0 amide bonds. The molecule has 0 fully saturated rings. The second-order valence-electron chi connectivity index (χ2n) is 2.71. The van der Waals surface area contributed by atoms with Gasteiger partial charge in [0.15, 0.2) is 0 Å². The van der Waals surface area contributed by atoms with Crippen molar-refractivity contribution in [3.8, 4) is 0 Å². The fraction of sp³-hybridized carbons (Fsp3) is 0.333. The Hall–Kier alpha value is -0.410. The van der Waals surface area contributed by atoms with Gasteiger partial charge in [-0.3, -0.25) is 0 Å². The minimum Gasteiger partial charge on any atom is -0.330 e. The van der Waals surface area contributed by atoms with E-state index in [2.05, 4.69) is 15.9 Å². The number of rotatable bonds is 2. The first-order chi connectivity index (χ1) is 5.65. The van der Waals surface area contributed by atoms with E-state index in [4.69, 9.17) is 5.73 Å². The molecule has 0 heterocycles. The Kier molecular flexibility index (Phi) is 3.23. The Morgan fingerprint density at radius 2 is 2.17 bits per heavy atom. The molecule has 0 radical (unpaired) electrons. The maximum absolute atomic E-state index is 12.9. The first-order valence-electron chi connectivity index (χ1n) is 3.79. The van der Waals surface area contributed by atoms with E-state index in [-0.39, 0.29) is 5.82 Å². The maximum Gasteiger partial charge on any atom is 0.124 e. The van der Waals surface area contributed by atoms with Crippen LogP contribution >= 0.6 is 15.9 Å². The van der Waals surface area contributed by atoms with Gasteiger partial charge >= 0.3 is 0 Å². The quantitative estimate of drug-likeness (QED) is 0.832. The van der Waals surface area contributed by atoms with E-state index in [0.29, 0.717) is 6.54 Å². The highest BCUT2D eigenvalue weighted by molar-refractivity contribution is 9.10. The van der Waals surface area contributed by atoms with Crippen LogP contribution in [0.3, 0.4) is 0 Å². The van der Waals surface area contributed by atoms with Crippen LogP contribution < -0.4 is 5.73 Å². The molecular formula is C9H11BrFN. The SMILES string of the molecule is Cc1c(Br)cc(F)cc1CCN. The lowest BCUT2D eigenvalue weighted by Gasteiger charge is -2.06. The summed E-state index contributed by atoms with van der Waals surface area (Å²) in [7, 11) is 0. The van der Waals surface area contributed by atoms with Gasteiger partial charge in [0, 0.05) is 4.47 Å². The predicted octanol–water partition coefficient (Wildman–Crippen LogP) is 2.40. The van der Waals surface area contributed by atoms with E-state index >= 15 is 0 Å². The summed E-state index contributed by atoms with van der Waals surface area (Å²) in [6.07, 6.45) is 0.724. The summed E-state index contributed by atoms with van der Waals surface area (Å²) >= 11 is 3.29. The number of halogens is 2. The largest absolute Gasteiger partial charge is 0.330 e. The van der Waals surface area contributed by atoms with Gasteiger partial charge in [-0.15, -0.1) is 0 Å². The van der Waals surface area contributed by atoms with E-state index in [1.807, 2.05) is 6.92 Å². The molecule has 0 bridgehead atoms. The van der Waals surface area contributed by atoms with Gasteiger partial charge in [-0.25, -0.2) is 4.39 Å². The highest BCUT2D eigenvalue weighted by Crippen LogP contribution is 2.21. The average molecular weight is 232 g/mol. The van der Waals surface area contributed by atoms with Crippen molar-refractivity contribution in [3.05, 3.63) is 33.5 Å². The monoisotopic (exact) mass is 231 g/mol. The van der Waals surface area contributed by atoms with E-state index < -0.39 is 0 Å². The van der Waals surface area contributed by atoms with Crippen molar-refractivity contribution in [1.82, 2.24) is 0 Å².